The van der Waals surface area contributed by atoms with E-state index in [9.17, 15) is 18.0 Å². The number of halogens is 3. The number of ether oxygens (including phenoxy) is 4. The highest BCUT2D eigenvalue weighted by Gasteiger charge is 2.31. The zero-order chi connectivity index (χ0) is 22.3. The van der Waals surface area contributed by atoms with Crippen LogP contribution in [-0.4, -0.2) is 57.4 Å². The van der Waals surface area contributed by atoms with Crippen molar-refractivity contribution >= 4 is 6.09 Å². The average molecular weight is 426 g/mol. The standard InChI is InChI=1S/C19H33F3N2O5/c1-5-6-7-15(14-16(23)19(20,21)22)28-13-12-27-11-10-26-9-8-24-17(25)29-18(2,3)4/h7,14H,5-6,8-13,23H2,1-4H3,(H,24,25)/b15-7-,16-14-. The summed E-state index contributed by atoms with van der Waals surface area (Å²) in [7, 11) is 0. The molecule has 10 heteroatoms. The predicted octanol–water partition coefficient (Wildman–Crippen LogP) is 3.65. The van der Waals surface area contributed by atoms with Crippen LogP contribution in [0.15, 0.2) is 23.6 Å². The average Bonchev–Trinajstić information content (AvgIpc) is 2.58. The zero-order valence-electron chi connectivity index (χ0n) is 17.6. The van der Waals surface area contributed by atoms with E-state index in [1.807, 2.05) is 6.92 Å². The molecule has 0 aromatic heterocycles. The molecule has 0 aliphatic carbocycles. The minimum Gasteiger partial charge on any atom is -0.491 e. The van der Waals surface area contributed by atoms with Crippen LogP contribution < -0.4 is 11.1 Å². The number of nitrogens with two attached hydrogens (primary N) is 1. The number of alkyl halides is 3. The predicted molar refractivity (Wildman–Crippen MR) is 103 cm³/mol. The molecule has 170 valence electrons. The second-order valence-corrected chi connectivity index (χ2v) is 6.99. The van der Waals surface area contributed by atoms with Gasteiger partial charge in [-0.15, -0.1) is 0 Å². The Balaban J connectivity index is 3.89. The summed E-state index contributed by atoms with van der Waals surface area (Å²) in [6.07, 6.45) is -1.44. The highest BCUT2D eigenvalue weighted by atomic mass is 19.4. The summed E-state index contributed by atoms with van der Waals surface area (Å²) >= 11 is 0. The molecule has 0 aromatic carbocycles. The molecule has 7 nitrogen and oxygen atoms in total. The molecular formula is C19H33F3N2O5. The van der Waals surface area contributed by atoms with Crippen LogP contribution >= 0.6 is 0 Å². The maximum absolute atomic E-state index is 12.5. The first-order chi connectivity index (χ1) is 13.5. The van der Waals surface area contributed by atoms with E-state index in [0.717, 1.165) is 12.5 Å². The summed E-state index contributed by atoms with van der Waals surface area (Å²) in [4.78, 5) is 11.4. The van der Waals surface area contributed by atoms with Crippen molar-refractivity contribution in [3.63, 3.8) is 0 Å². The lowest BCUT2D eigenvalue weighted by Gasteiger charge is -2.19. The summed E-state index contributed by atoms with van der Waals surface area (Å²) in [5, 5.41) is 2.56. The molecule has 0 rings (SSSR count). The zero-order valence-corrected chi connectivity index (χ0v) is 17.6. The van der Waals surface area contributed by atoms with E-state index in [1.54, 1.807) is 26.8 Å². The molecule has 0 aliphatic heterocycles. The second-order valence-electron chi connectivity index (χ2n) is 6.99. The van der Waals surface area contributed by atoms with Gasteiger partial charge in [-0.25, -0.2) is 4.79 Å². The largest absolute Gasteiger partial charge is 0.491 e. The number of carbonyl (C=O) groups is 1. The van der Waals surface area contributed by atoms with Crippen molar-refractivity contribution < 1.29 is 36.9 Å². The number of alkyl carbamates (subject to hydrolysis) is 1. The molecule has 0 saturated carbocycles. The lowest BCUT2D eigenvalue weighted by atomic mass is 10.2. The topological polar surface area (TPSA) is 92.0 Å². The smallest absolute Gasteiger partial charge is 0.430 e. The molecule has 0 radical (unpaired) electrons. The van der Waals surface area contributed by atoms with Crippen LogP contribution in [0, 0.1) is 0 Å². The van der Waals surface area contributed by atoms with Gasteiger partial charge in [-0.3, -0.25) is 0 Å². The minimum absolute atomic E-state index is 0.0646. The molecule has 0 atom stereocenters. The van der Waals surface area contributed by atoms with Crippen molar-refractivity contribution in [2.24, 2.45) is 5.73 Å². The van der Waals surface area contributed by atoms with Gasteiger partial charge in [0, 0.05) is 12.6 Å². The monoisotopic (exact) mass is 426 g/mol. The molecule has 3 N–H and O–H groups in total. The van der Waals surface area contributed by atoms with Gasteiger partial charge < -0.3 is 30.0 Å². The van der Waals surface area contributed by atoms with E-state index >= 15 is 0 Å². The van der Waals surface area contributed by atoms with Gasteiger partial charge in [-0.2, -0.15) is 13.2 Å². The third-order valence-electron chi connectivity index (χ3n) is 3.04. The van der Waals surface area contributed by atoms with Crippen molar-refractivity contribution in [3.05, 3.63) is 23.6 Å². The van der Waals surface area contributed by atoms with Crippen molar-refractivity contribution in [3.8, 4) is 0 Å². The summed E-state index contributed by atoms with van der Waals surface area (Å²) in [6, 6.07) is 0. The summed E-state index contributed by atoms with van der Waals surface area (Å²) < 4.78 is 58.5. The number of rotatable bonds is 13. The first kappa shape index (κ1) is 27.1. The van der Waals surface area contributed by atoms with Gasteiger partial charge >= 0.3 is 12.3 Å². The first-order valence-electron chi connectivity index (χ1n) is 9.45. The molecule has 0 aromatic rings. The van der Waals surface area contributed by atoms with E-state index in [2.05, 4.69) is 5.32 Å². The molecule has 0 aliphatic rings. The van der Waals surface area contributed by atoms with Gasteiger partial charge in [0.2, 0.25) is 0 Å². The van der Waals surface area contributed by atoms with Crippen molar-refractivity contribution in [1.29, 1.82) is 0 Å². The third kappa shape index (κ3) is 16.7. The molecule has 0 heterocycles. The Morgan fingerprint density at radius 2 is 1.62 bits per heavy atom. The number of hydrogen-bond donors (Lipinski definition) is 2. The third-order valence-corrected chi connectivity index (χ3v) is 3.04. The number of hydrogen-bond acceptors (Lipinski definition) is 6. The van der Waals surface area contributed by atoms with Crippen LogP contribution in [0.5, 0.6) is 0 Å². The van der Waals surface area contributed by atoms with Crippen molar-refractivity contribution in [2.75, 3.05) is 39.6 Å². The molecule has 1 amide bonds. The van der Waals surface area contributed by atoms with Crippen LogP contribution in [0.4, 0.5) is 18.0 Å². The van der Waals surface area contributed by atoms with Crippen molar-refractivity contribution in [1.82, 2.24) is 5.32 Å². The lowest BCUT2D eigenvalue weighted by Crippen LogP contribution is -2.34. The molecule has 0 spiro atoms. The number of allylic oxidation sites excluding steroid dienone is 3. The fourth-order valence-electron chi connectivity index (χ4n) is 1.76. The fourth-order valence-corrected chi connectivity index (χ4v) is 1.76. The highest BCUT2D eigenvalue weighted by molar-refractivity contribution is 5.67. The Morgan fingerprint density at radius 3 is 2.17 bits per heavy atom. The second kappa shape index (κ2) is 14.1. The van der Waals surface area contributed by atoms with E-state index < -0.39 is 23.6 Å². The first-order valence-corrected chi connectivity index (χ1v) is 9.45. The van der Waals surface area contributed by atoms with Crippen LogP contribution in [0.25, 0.3) is 0 Å². The SMILES string of the molecule is CCC/C=C(/C=C(\N)C(F)(F)F)OCCOCCOCCNC(=O)OC(C)(C)C. The normalized spacial score (nSPS) is 13.3. The molecule has 0 unspecified atom stereocenters. The molecule has 0 saturated heterocycles. The van der Waals surface area contributed by atoms with E-state index in [1.165, 1.54) is 0 Å². The highest BCUT2D eigenvalue weighted by Crippen LogP contribution is 2.22. The van der Waals surface area contributed by atoms with Gasteiger partial charge in [-0.05, 0) is 33.3 Å². The quantitative estimate of drug-likeness (QED) is 0.265. The molecular weight excluding hydrogens is 393 g/mol. The Bertz CT molecular complexity index is 529. The van der Waals surface area contributed by atoms with E-state index in [0.29, 0.717) is 26.2 Å². The Labute approximate surface area is 170 Å². The molecule has 0 fully saturated rings. The number of nitrogens with one attached hydrogen (secondary N) is 1. The van der Waals surface area contributed by atoms with E-state index in [4.69, 9.17) is 24.7 Å². The molecule has 0 bridgehead atoms. The van der Waals surface area contributed by atoms with Crippen LogP contribution in [0.2, 0.25) is 0 Å². The summed E-state index contributed by atoms with van der Waals surface area (Å²) in [5.74, 6) is 0.0646. The Hall–Kier alpha value is -1.94. The van der Waals surface area contributed by atoms with Gasteiger partial charge in [0.25, 0.3) is 0 Å². The van der Waals surface area contributed by atoms with Crippen LogP contribution in [0.1, 0.15) is 40.5 Å². The van der Waals surface area contributed by atoms with Gasteiger partial charge in [0.15, 0.2) is 0 Å². The van der Waals surface area contributed by atoms with Gasteiger partial charge in [-0.1, -0.05) is 13.3 Å². The maximum Gasteiger partial charge on any atom is 0.430 e. The van der Waals surface area contributed by atoms with Gasteiger partial charge in [0.1, 0.15) is 23.7 Å². The minimum atomic E-state index is -4.60. The Kier molecular flexibility index (Phi) is 13.2. The van der Waals surface area contributed by atoms with Crippen molar-refractivity contribution in [2.45, 2.75) is 52.3 Å². The number of carbonyl (C=O) groups excluding carboxylic acids is 1. The van der Waals surface area contributed by atoms with Crippen LogP contribution in [-0.2, 0) is 18.9 Å². The fraction of sp³-hybridized carbons (Fsp3) is 0.737. The summed E-state index contributed by atoms with van der Waals surface area (Å²) in [6.45, 7) is 8.66. The molecule has 29 heavy (non-hydrogen) atoms. The Morgan fingerprint density at radius 1 is 1.03 bits per heavy atom. The number of amides is 1. The lowest BCUT2D eigenvalue weighted by molar-refractivity contribution is -0.0929. The van der Waals surface area contributed by atoms with Gasteiger partial charge in [0.05, 0.1) is 26.4 Å². The number of unbranched alkanes of at least 4 members (excludes halogenated alkanes) is 1. The summed E-state index contributed by atoms with van der Waals surface area (Å²) in [5.41, 5.74) is 3.25. The van der Waals surface area contributed by atoms with Crippen LogP contribution in [0.3, 0.4) is 0 Å². The van der Waals surface area contributed by atoms with E-state index in [-0.39, 0.29) is 25.6 Å². The maximum atomic E-state index is 12.5.